The summed E-state index contributed by atoms with van der Waals surface area (Å²) in [6.07, 6.45) is 33.8. The molecule has 7 nitrogen and oxygen atoms in total. The third-order valence-electron chi connectivity index (χ3n) is 8.76. The average molecular weight is 727 g/mol. The van der Waals surface area contributed by atoms with Gasteiger partial charge in [0.25, 0.3) is 0 Å². The van der Waals surface area contributed by atoms with Crippen LogP contribution in [0.5, 0.6) is 0 Å². The van der Waals surface area contributed by atoms with Crippen LogP contribution >= 0.6 is 0 Å². The SMILES string of the molecule is CCCCCCCCOC(C=CCCC(OCCCC)OCCCC)OC(C=CCCC(OCCCC)OCCCC)OCCCCCCCC. The number of rotatable bonds is 42. The predicted octanol–water partition coefficient (Wildman–Crippen LogP) is 13.0. The largest absolute Gasteiger partial charge is 0.353 e. The van der Waals surface area contributed by atoms with E-state index < -0.39 is 12.6 Å². The molecule has 7 heteroatoms. The van der Waals surface area contributed by atoms with Gasteiger partial charge < -0.3 is 33.2 Å². The van der Waals surface area contributed by atoms with Gasteiger partial charge in [0.2, 0.25) is 0 Å². The normalized spacial score (nSPS) is 13.5. The van der Waals surface area contributed by atoms with Crippen LogP contribution < -0.4 is 0 Å². The summed E-state index contributed by atoms with van der Waals surface area (Å²) >= 11 is 0. The van der Waals surface area contributed by atoms with Gasteiger partial charge in [-0.2, -0.15) is 0 Å². The Morgan fingerprint density at radius 1 is 0.333 bits per heavy atom. The Hall–Kier alpha value is -0.800. The molecule has 0 rings (SSSR count). The minimum Gasteiger partial charge on any atom is -0.353 e. The summed E-state index contributed by atoms with van der Waals surface area (Å²) in [5.41, 5.74) is 0. The Morgan fingerprint density at radius 2 is 0.627 bits per heavy atom. The van der Waals surface area contributed by atoms with Gasteiger partial charge in [-0.15, -0.1) is 0 Å². The van der Waals surface area contributed by atoms with E-state index in [0.717, 1.165) is 116 Å². The van der Waals surface area contributed by atoms with Crippen molar-refractivity contribution in [1.29, 1.82) is 0 Å². The van der Waals surface area contributed by atoms with Gasteiger partial charge in [-0.3, -0.25) is 0 Å². The predicted molar refractivity (Wildman–Crippen MR) is 215 cm³/mol. The van der Waals surface area contributed by atoms with E-state index >= 15 is 0 Å². The molecule has 0 bridgehead atoms. The molecule has 0 heterocycles. The lowest BCUT2D eigenvalue weighted by atomic mass is 10.1. The quantitative estimate of drug-likeness (QED) is 0.0352. The fourth-order valence-corrected chi connectivity index (χ4v) is 5.32. The number of hydrogen-bond acceptors (Lipinski definition) is 7. The summed E-state index contributed by atoms with van der Waals surface area (Å²) in [5, 5.41) is 0. The molecule has 0 radical (unpaired) electrons. The zero-order valence-electron chi connectivity index (χ0n) is 34.7. The van der Waals surface area contributed by atoms with Crippen LogP contribution in [0.4, 0.5) is 0 Å². The molecule has 0 fully saturated rings. The Bertz CT molecular complexity index is 638. The molecule has 2 atom stereocenters. The summed E-state index contributed by atoms with van der Waals surface area (Å²) in [4.78, 5) is 0. The summed E-state index contributed by atoms with van der Waals surface area (Å²) in [5.74, 6) is 0. The van der Waals surface area contributed by atoms with Crippen LogP contribution in [0.25, 0.3) is 0 Å². The van der Waals surface area contributed by atoms with Crippen molar-refractivity contribution in [2.75, 3.05) is 39.6 Å². The van der Waals surface area contributed by atoms with Gasteiger partial charge in [0.1, 0.15) is 0 Å². The van der Waals surface area contributed by atoms with E-state index in [-0.39, 0.29) is 12.6 Å². The maximum Gasteiger partial charge on any atom is 0.180 e. The van der Waals surface area contributed by atoms with Crippen LogP contribution in [-0.2, 0) is 33.2 Å². The number of ether oxygens (including phenoxy) is 7. The van der Waals surface area contributed by atoms with E-state index in [4.69, 9.17) is 33.2 Å². The highest BCUT2D eigenvalue weighted by molar-refractivity contribution is 4.90. The molecular formula is C44H86O7. The topological polar surface area (TPSA) is 64.6 Å². The van der Waals surface area contributed by atoms with Gasteiger partial charge in [-0.25, -0.2) is 0 Å². The molecule has 0 N–H and O–H groups in total. The van der Waals surface area contributed by atoms with Crippen molar-refractivity contribution in [3.05, 3.63) is 24.3 Å². The average Bonchev–Trinajstić information content (AvgIpc) is 3.13. The molecule has 0 aliphatic carbocycles. The highest BCUT2D eigenvalue weighted by atomic mass is 16.8. The highest BCUT2D eigenvalue weighted by Gasteiger charge is 2.15. The fourth-order valence-electron chi connectivity index (χ4n) is 5.32. The van der Waals surface area contributed by atoms with Crippen LogP contribution in [0.2, 0.25) is 0 Å². The first-order chi connectivity index (χ1) is 25.1. The zero-order chi connectivity index (χ0) is 37.3. The van der Waals surface area contributed by atoms with Crippen molar-refractivity contribution in [1.82, 2.24) is 0 Å². The molecule has 0 saturated carbocycles. The standard InChI is InChI=1S/C44H86O7/c1-7-13-19-21-23-29-39-49-43(33-27-25-31-41(45-35-15-9-3)46-36-16-10-4)51-44(50-40-30-24-22-20-14-8-2)34-28-26-32-42(47-37-17-11-5)48-38-18-12-6/h27-28,33-34,41-44H,7-26,29-32,35-40H2,1-6H3. The molecule has 0 spiro atoms. The summed E-state index contributed by atoms with van der Waals surface area (Å²) in [7, 11) is 0. The van der Waals surface area contributed by atoms with Crippen molar-refractivity contribution >= 4 is 0 Å². The second-order valence-corrected chi connectivity index (χ2v) is 13.9. The van der Waals surface area contributed by atoms with E-state index in [1.165, 1.54) is 64.2 Å². The summed E-state index contributed by atoms with van der Waals surface area (Å²) in [6.45, 7) is 17.6. The number of unbranched alkanes of at least 4 members (excludes halogenated alkanes) is 14. The summed E-state index contributed by atoms with van der Waals surface area (Å²) in [6, 6.07) is 0. The Kier molecular flexibility index (Phi) is 41.3. The molecule has 0 saturated heterocycles. The molecule has 0 aromatic carbocycles. The highest BCUT2D eigenvalue weighted by Crippen LogP contribution is 2.15. The zero-order valence-corrected chi connectivity index (χ0v) is 34.7. The smallest absolute Gasteiger partial charge is 0.180 e. The Morgan fingerprint density at radius 3 is 0.961 bits per heavy atom. The number of allylic oxidation sites excluding steroid dienone is 2. The van der Waals surface area contributed by atoms with Gasteiger partial charge >= 0.3 is 0 Å². The van der Waals surface area contributed by atoms with E-state index in [2.05, 4.69) is 65.8 Å². The molecular weight excluding hydrogens is 640 g/mol. The Balaban J connectivity index is 5.51. The number of hydrogen-bond donors (Lipinski definition) is 0. The molecule has 2 unspecified atom stereocenters. The van der Waals surface area contributed by atoms with Crippen molar-refractivity contribution < 1.29 is 33.2 Å². The van der Waals surface area contributed by atoms with Crippen molar-refractivity contribution in [3.8, 4) is 0 Å². The minimum absolute atomic E-state index is 0.173. The molecule has 0 aromatic heterocycles. The Labute approximate surface area is 317 Å². The lowest BCUT2D eigenvalue weighted by Gasteiger charge is -2.22. The molecule has 304 valence electrons. The summed E-state index contributed by atoms with van der Waals surface area (Å²) < 4.78 is 43.5. The first kappa shape index (κ1) is 50.2. The first-order valence-electron chi connectivity index (χ1n) is 21.8. The first-order valence-corrected chi connectivity index (χ1v) is 21.8. The molecule has 0 aliphatic rings. The monoisotopic (exact) mass is 727 g/mol. The van der Waals surface area contributed by atoms with Crippen molar-refractivity contribution in [2.45, 2.75) is 221 Å². The van der Waals surface area contributed by atoms with E-state index in [1.807, 2.05) is 0 Å². The van der Waals surface area contributed by atoms with Crippen LogP contribution in [0, 0.1) is 0 Å². The lowest BCUT2D eigenvalue weighted by molar-refractivity contribution is -0.208. The van der Waals surface area contributed by atoms with Crippen LogP contribution in [0.15, 0.2) is 24.3 Å². The van der Waals surface area contributed by atoms with Gasteiger partial charge in [-0.1, -0.05) is 144 Å². The third kappa shape index (κ3) is 36.0. The maximum atomic E-state index is 6.53. The second-order valence-electron chi connectivity index (χ2n) is 13.9. The van der Waals surface area contributed by atoms with E-state index in [9.17, 15) is 0 Å². The molecule has 0 aliphatic heterocycles. The molecule has 0 aromatic rings. The van der Waals surface area contributed by atoms with E-state index in [1.54, 1.807) is 0 Å². The maximum absolute atomic E-state index is 6.53. The van der Waals surface area contributed by atoms with Gasteiger partial charge in [-0.05, 0) is 63.5 Å². The minimum atomic E-state index is -0.484. The van der Waals surface area contributed by atoms with Crippen LogP contribution in [0.1, 0.15) is 196 Å². The third-order valence-corrected chi connectivity index (χ3v) is 8.76. The lowest BCUT2D eigenvalue weighted by Crippen LogP contribution is -2.25. The second kappa shape index (κ2) is 41.9. The van der Waals surface area contributed by atoms with Crippen LogP contribution in [-0.4, -0.2) is 64.8 Å². The van der Waals surface area contributed by atoms with Crippen LogP contribution in [0.3, 0.4) is 0 Å². The van der Waals surface area contributed by atoms with Gasteiger partial charge in [0, 0.05) is 39.3 Å². The molecule has 0 amide bonds. The van der Waals surface area contributed by atoms with Crippen molar-refractivity contribution in [2.24, 2.45) is 0 Å². The molecule has 51 heavy (non-hydrogen) atoms. The fraction of sp³-hybridized carbons (Fsp3) is 0.909. The van der Waals surface area contributed by atoms with Gasteiger partial charge in [0.15, 0.2) is 25.2 Å². The van der Waals surface area contributed by atoms with Crippen molar-refractivity contribution in [3.63, 3.8) is 0 Å². The van der Waals surface area contributed by atoms with E-state index in [0.29, 0.717) is 13.2 Å². The van der Waals surface area contributed by atoms with Gasteiger partial charge in [0.05, 0.1) is 13.2 Å².